The van der Waals surface area contributed by atoms with Crippen molar-refractivity contribution in [3.05, 3.63) is 17.5 Å². The molecule has 0 bridgehead atoms. The van der Waals surface area contributed by atoms with Crippen LogP contribution >= 0.6 is 0 Å². The van der Waals surface area contributed by atoms with E-state index >= 15 is 0 Å². The summed E-state index contributed by atoms with van der Waals surface area (Å²) in [6.45, 7) is 5.46. The number of carbonyl (C=O) groups excluding carboxylic acids is 1. The van der Waals surface area contributed by atoms with E-state index in [1.807, 2.05) is 6.92 Å². The van der Waals surface area contributed by atoms with Crippen LogP contribution in [-0.2, 0) is 11.8 Å². The van der Waals surface area contributed by atoms with Gasteiger partial charge in [0.1, 0.15) is 6.04 Å². The molecule has 1 unspecified atom stereocenters. The Balaban J connectivity index is 2.85. The predicted octanol–water partition coefficient (Wildman–Crippen LogP) is 0.958. The first kappa shape index (κ1) is 14.2. The highest BCUT2D eigenvalue weighted by molar-refractivity contribution is 5.97. The van der Waals surface area contributed by atoms with Gasteiger partial charge in [-0.1, -0.05) is 20.3 Å². The number of carboxylic acid groups (broad SMARTS) is 1. The average molecular weight is 253 g/mol. The van der Waals surface area contributed by atoms with Gasteiger partial charge in [0.2, 0.25) is 0 Å². The number of aliphatic carboxylic acids is 1. The number of aromatic nitrogens is 2. The van der Waals surface area contributed by atoms with Crippen molar-refractivity contribution in [1.29, 1.82) is 0 Å². The molecule has 6 nitrogen and oxygen atoms in total. The number of nitrogens with zero attached hydrogens (tertiary/aromatic N) is 2. The van der Waals surface area contributed by atoms with E-state index in [0.29, 0.717) is 17.7 Å². The van der Waals surface area contributed by atoms with Crippen molar-refractivity contribution in [3.8, 4) is 0 Å². The van der Waals surface area contributed by atoms with Crippen LogP contribution < -0.4 is 5.32 Å². The second-order valence-corrected chi connectivity index (χ2v) is 4.44. The number of aryl methyl sites for hydroxylation is 1. The molecule has 100 valence electrons. The molecule has 0 spiro atoms. The van der Waals surface area contributed by atoms with Crippen LogP contribution in [0.15, 0.2) is 6.20 Å². The van der Waals surface area contributed by atoms with Crippen LogP contribution in [0.3, 0.4) is 0 Å². The lowest BCUT2D eigenvalue weighted by molar-refractivity contribution is -0.140. The molecule has 1 heterocycles. The quantitative estimate of drug-likeness (QED) is 0.818. The number of rotatable bonds is 5. The molecular weight excluding hydrogens is 234 g/mol. The molecule has 0 saturated heterocycles. The average Bonchev–Trinajstić information content (AvgIpc) is 2.65. The summed E-state index contributed by atoms with van der Waals surface area (Å²) < 4.78 is 1.58. The molecule has 0 aliphatic rings. The third kappa shape index (κ3) is 2.88. The molecule has 0 radical (unpaired) electrons. The summed E-state index contributed by atoms with van der Waals surface area (Å²) >= 11 is 0. The maximum absolute atomic E-state index is 12.0. The Bertz CT molecular complexity index is 453. The normalized spacial score (nSPS) is 14.0. The minimum atomic E-state index is -1.01. The van der Waals surface area contributed by atoms with Gasteiger partial charge in [-0.05, 0) is 12.8 Å². The minimum Gasteiger partial charge on any atom is -0.480 e. The number of hydrogen-bond donors (Lipinski definition) is 2. The van der Waals surface area contributed by atoms with E-state index in [9.17, 15) is 9.59 Å². The summed E-state index contributed by atoms with van der Waals surface area (Å²) in [5, 5.41) is 15.6. The summed E-state index contributed by atoms with van der Waals surface area (Å²) in [5.41, 5.74) is 1.12. The van der Waals surface area contributed by atoms with Crippen molar-refractivity contribution in [1.82, 2.24) is 15.1 Å². The Morgan fingerprint density at radius 1 is 1.56 bits per heavy atom. The van der Waals surface area contributed by atoms with Gasteiger partial charge in [0, 0.05) is 12.7 Å². The molecule has 2 N–H and O–H groups in total. The van der Waals surface area contributed by atoms with E-state index in [2.05, 4.69) is 10.4 Å². The number of carbonyl (C=O) groups is 2. The molecule has 6 heteroatoms. The van der Waals surface area contributed by atoms with Crippen LogP contribution in [0.4, 0.5) is 0 Å². The van der Waals surface area contributed by atoms with E-state index in [1.54, 1.807) is 25.6 Å². The maximum atomic E-state index is 12.0. The van der Waals surface area contributed by atoms with E-state index in [1.165, 1.54) is 6.20 Å². The minimum absolute atomic E-state index is 0.122. The SMILES string of the molecule is CCC(C)[C@H](NC(=O)c1cnn(C)c1C)C(=O)O. The highest BCUT2D eigenvalue weighted by atomic mass is 16.4. The summed E-state index contributed by atoms with van der Waals surface area (Å²) in [6, 6.07) is -0.873. The molecule has 0 aromatic carbocycles. The van der Waals surface area contributed by atoms with E-state index in [4.69, 9.17) is 5.11 Å². The van der Waals surface area contributed by atoms with Crippen molar-refractivity contribution in [2.45, 2.75) is 33.2 Å². The van der Waals surface area contributed by atoms with Gasteiger partial charge >= 0.3 is 5.97 Å². The lowest BCUT2D eigenvalue weighted by Gasteiger charge is -2.19. The van der Waals surface area contributed by atoms with Gasteiger partial charge in [-0.3, -0.25) is 9.48 Å². The van der Waals surface area contributed by atoms with Crippen LogP contribution in [0.5, 0.6) is 0 Å². The first-order valence-corrected chi connectivity index (χ1v) is 5.90. The van der Waals surface area contributed by atoms with Crippen molar-refractivity contribution < 1.29 is 14.7 Å². The maximum Gasteiger partial charge on any atom is 0.326 e. The lowest BCUT2D eigenvalue weighted by atomic mass is 9.99. The van der Waals surface area contributed by atoms with Gasteiger partial charge in [-0.2, -0.15) is 5.10 Å². The highest BCUT2D eigenvalue weighted by Gasteiger charge is 2.26. The van der Waals surface area contributed by atoms with Gasteiger partial charge in [-0.25, -0.2) is 4.79 Å². The molecule has 1 aromatic heterocycles. The van der Waals surface area contributed by atoms with Crippen LogP contribution in [-0.4, -0.2) is 32.8 Å². The highest BCUT2D eigenvalue weighted by Crippen LogP contribution is 2.11. The molecule has 1 aromatic rings. The molecule has 1 amide bonds. The fraction of sp³-hybridized carbons (Fsp3) is 0.583. The Kier molecular flexibility index (Phi) is 4.47. The van der Waals surface area contributed by atoms with Crippen molar-refractivity contribution >= 4 is 11.9 Å². The first-order chi connectivity index (χ1) is 8.38. The molecule has 18 heavy (non-hydrogen) atoms. The summed E-state index contributed by atoms with van der Waals surface area (Å²) in [5.74, 6) is -1.53. The van der Waals surface area contributed by atoms with Crippen LogP contribution in [0.25, 0.3) is 0 Å². The van der Waals surface area contributed by atoms with Crippen molar-refractivity contribution in [3.63, 3.8) is 0 Å². The van der Waals surface area contributed by atoms with Gasteiger partial charge in [0.25, 0.3) is 5.91 Å². The van der Waals surface area contributed by atoms with Crippen LogP contribution in [0, 0.1) is 12.8 Å². The summed E-state index contributed by atoms with van der Waals surface area (Å²) in [4.78, 5) is 23.1. The number of hydrogen-bond acceptors (Lipinski definition) is 3. The third-order valence-electron chi connectivity index (χ3n) is 3.25. The zero-order valence-corrected chi connectivity index (χ0v) is 11.1. The molecule has 0 aliphatic heterocycles. The molecule has 0 fully saturated rings. The van der Waals surface area contributed by atoms with Gasteiger partial charge in [-0.15, -0.1) is 0 Å². The van der Waals surface area contributed by atoms with Gasteiger partial charge in [0.15, 0.2) is 0 Å². The van der Waals surface area contributed by atoms with Crippen molar-refractivity contribution in [2.75, 3.05) is 0 Å². The smallest absolute Gasteiger partial charge is 0.326 e. The monoisotopic (exact) mass is 253 g/mol. The number of carboxylic acids is 1. The molecule has 1 rings (SSSR count). The van der Waals surface area contributed by atoms with E-state index < -0.39 is 17.9 Å². The molecule has 0 aliphatic carbocycles. The van der Waals surface area contributed by atoms with Crippen molar-refractivity contribution in [2.24, 2.45) is 13.0 Å². The van der Waals surface area contributed by atoms with E-state index in [0.717, 1.165) is 0 Å². The Morgan fingerprint density at radius 2 is 2.17 bits per heavy atom. The Morgan fingerprint density at radius 3 is 2.56 bits per heavy atom. The number of nitrogens with one attached hydrogen (secondary N) is 1. The summed E-state index contributed by atoms with van der Waals surface area (Å²) in [7, 11) is 1.73. The largest absolute Gasteiger partial charge is 0.480 e. The van der Waals surface area contributed by atoms with Gasteiger partial charge in [0.05, 0.1) is 11.8 Å². The predicted molar refractivity (Wildman–Crippen MR) is 66.3 cm³/mol. The second-order valence-electron chi connectivity index (χ2n) is 4.44. The topological polar surface area (TPSA) is 84.2 Å². The molecule has 2 atom stereocenters. The standard InChI is InChI=1S/C12H19N3O3/c1-5-7(2)10(12(17)18)14-11(16)9-6-13-15(4)8(9)3/h6-7,10H,5H2,1-4H3,(H,14,16)(H,17,18)/t7?,10-/m0/s1. The molecular formula is C12H19N3O3. The zero-order valence-electron chi connectivity index (χ0n) is 11.1. The van der Waals surface area contributed by atoms with Gasteiger partial charge < -0.3 is 10.4 Å². The zero-order chi connectivity index (χ0) is 13.9. The number of amides is 1. The fourth-order valence-corrected chi connectivity index (χ4v) is 1.62. The third-order valence-corrected chi connectivity index (χ3v) is 3.25. The van der Waals surface area contributed by atoms with E-state index in [-0.39, 0.29) is 5.92 Å². The first-order valence-electron chi connectivity index (χ1n) is 5.90. The summed E-state index contributed by atoms with van der Waals surface area (Å²) in [6.07, 6.45) is 2.13. The second kappa shape index (κ2) is 5.66. The molecule has 0 saturated carbocycles. The Labute approximate surface area is 106 Å². The Hall–Kier alpha value is -1.85. The van der Waals surface area contributed by atoms with Crippen LogP contribution in [0.2, 0.25) is 0 Å². The lowest BCUT2D eigenvalue weighted by Crippen LogP contribution is -2.45. The van der Waals surface area contributed by atoms with Crippen LogP contribution in [0.1, 0.15) is 36.3 Å². The fourth-order valence-electron chi connectivity index (χ4n) is 1.62.